The lowest BCUT2D eigenvalue weighted by atomic mass is 10.1. The van der Waals surface area contributed by atoms with Gasteiger partial charge in [-0.3, -0.25) is 0 Å². The fraction of sp³-hybridized carbons (Fsp3) is 0.660. The monoisotopic (exact) mass is 1250 g/mol. The van der Waals surface area contributed by atoms with Crippen molar-refractivity contribution in [2.24, 2.45) is 0 Å². The summed E-state index contributed by atoms with van der Waals surface area (Å²) in [7, 11) is 0. The van der Waals surface area contributed by atoms with Crippen molar-refractivity contribution < 1.29 is 106 Å². The number of nitrogens with zero attached hydrogens (tertiary/aromatic N) is 3. The van der Waals surface area contributed by atoms with Crippen LogP contribution >= 0.6 is 23.5 Å². The van der Waals surface area contributed by atoms with E-state index in [-0.39, 0.29) is 46.7 Å². The Kier molecular flexibility index (Phi) is 31.7. The summed E-state index contributed by atoms with van der Waals surface area (Å²) in [6, 6.07) is 0. The third kappa shape index (κ3) is 26.1. The van der Waals surface area contributed by atoms with Crippen LogP contribution in [0.1, 0.15) is 85.0 Å². The molecule has 1 aromatic heterocycles. The Hall–Kier alpha value is -6.25. The van der Waals surface area contributed by atoms with E-state index in [1.807, 2.05) is 0 Å². The number of nitrogens with one attached hydrogen (secondary N) is 2. The molecule has 1 rings (SSSR count). The van der Waals surface area contributed by atoms with Crippen molar-refractivity contribution in [3.05, 3.63) is 82.1 Å². The van der Waals surface area contributed by atoms with Crippen molar-refractivity contribution in [1.82, 2.24) is 24.3 Å². The quantitative estimate of drug-likeness (QED) is 0.0210. The maximum absolute atomic E-state index is 15.1. The fourth-order valence-electron chi connectivity index (χ4n) is 6.50. The van der Waals surface area contributed by atoms with Crippen LogP contribution in [0.15, 0.2) is 65.0 Å². The molecule has 472 valence electrons. The predicted octanol–water partition coefficient (Wildman–Crippen LogP) is 7.55. The molecule has 83 heavy (non-hydrogen) atoms. The average Bonchev–Trinajstić information content (AvgIpc) is 2.97. The van der Waals surface area contributed by atoms with Gasteiger partial charge < -0.3 is 39.1 Å². The summed E-state index contributed by atoms with van der Waals surface area (Å²) in [5.74, 6) is -20.5. The first kappa shape index (κ1) is 74.8. The second-order valence-electron chi connectivity index (χ2n) is 18.7. The predicted molar refractivity (Wildman–Crippen MR) is 282 cm³/mol. The summed E-state index contributed by atoms with van der Waals surface area (Å²) < 4.78 is 174. The molecule has 0 unspecified atom stereocenters. The average molecular weight is 1250 g/mol. The minimum absolute atomic E-state index is 0.0362. The lowest BCUT2D eigenvalue weighted by molar-refractivity contribution is -0.485. The molecule has 0 saturated carbocycles. The third-order valence-electron chi connectivity index (χ3n) is 11.1. The normalized spacial score (nSPS) is 12.3. The molecule has 33 heteroatoms. The van der Waals surface area contributed by atoms with Crippen molar-refractivity contribution in [3.8, 4) is 0 Å². The summed E-state index contributed by atoms with van der Waals surface area (Å²) >= 11 is 2.60. The summed E-state index contributed by atoms with van der Waals surface area (Å²) in [6.07, 6.45) is -7.68. The maximum atomic E-state index is 15.1. The van der Waals surface area contributed by atoms with Crippen molar-refractivity contribution >= 4 is 59.6 Å². The largest absolute Gasteiger partial charge is 0.460 e. The van der Waals surface area contributed by atoms with Gasteiger partial charge in [0, 0.05) is 44.3 Å². The van der Waals surface area contributed by atoms with E-state index in [4.69, 9.17) is 28.4 Å². The zero-order valence-electron chi connectivity index (χ0n) is 45.9. The van der Waals surface area contributed by atoms with Gasteiger partial charge in [0.25, 0.3) is 0 Å². The first-order chi connectivity index (χ1) is 38.6. The van der Waals surface area contributed by atoms with Gasteiger partial charge in [-0.15, -0.1) is 0 Å². The lowest BCUT2D eigenvalue weighted by Crippen LogP contribution is -2.61. The highest BCUT2D eigenvalue weighted by molar-refractivity contribution is 7.99. The maximum Gasteiger partial charge on any atom is 0.430 e. The molecule has 0 bridgehead atoms. The highest BCUT2D eigenvalue weighted by atomic mass is 32.2. The number of aromatic nitrogens is 3. The minimum atomic E-state index is -6.93. The lowest BCUT2D eigenvalue weighted by Gasteiger charge is -2.34. The number of unbranched alkanes of at least 4 members (excludes halogenated alkanes) is 6. The Labute approximate surface area is 478 Å². The van der Waals surface area contributed by atoms with Crippen LogP contribution in [0.25, 0.3) is 0 Å². The molecule has 0 aliphatic carbocycles. The van der Waals surface area contributed by atoms with Gasteiger partial charge in [-0.2, -0.15) is 67.4 Å². The molecule has 0 aliphatic rings. The van der Waals surface area contributed by atoms with Crippen LogP contribution in [0.4, 0.5) is 53.5 Å². The molecule has 0 atom stereocenters. The van der Waals surface area contributed by atoms with Crippen LogP contribution in [-0.2, 0) is 72.0 Å². The SMILES string of the molecule is C=CC(=O)OCC(C)(COC(=O)C=C)NC(=O)OCCCCCCSCCCn1c(=O)n(CCCSCCCCCCOC(=O)NC(C)(COC(=O)C=C)COC(=O)C=C)c(=O)n(CC(F)(F)C(F)(F)OC(F)(F)C(F)(F)C(C)(F)F)c1=O. The standard InChI is InChI=1S/C50H69F10N5O16S2/c1-8-35(66)77-31-44(5,32-78-36(67)9-2)61-39(70)75-24-16-12-14-18-26-82-28-20-22-63-41(72)64(43(74)65(42(63)73)30-47(53,54)49(57,58)81-50(59,60)48(55,56)46(7,51)52)23-21-29-83-27-19-15-13-17-25-76-40(71)62-45(6,33-79-37(68)10-3)34-80-38(69)11-4/h8-11H,1-4,12-34H2,5-7H3,(H,61,70)(H,62,71). The molecular formula is C50H69F10N5O16S2. The van der Waals surface area contributed by atoms with Crippen molar-refractivity contribution in [2.75, 3.05) is 62.7 Å². The van der Waals surface area contributed by atoms with E-state index in [0.717, 1.165) is 24.3 Å². The molecule has 2 N–H and O–H groups in total. The minimum Gasteiger partial charge on any atom is -0.460 e. The van der Waals surface area contributed by atoms with Gasteiger partial charge in [0.2, 0.25) is 0 Å². The van der Waals surface area contributed by atoms with E-state index in [1.165, 1.54) is 37.4 Å². The molecule has 0 spiro atoms. The van der Waals surface area contributed by atoms with E-state index < -0.39 is 152 Å². The number of ether oxygens (including phenoxy) is 7. The number of halogens is 10. The van der Waals surface area contributed by atoms with Crippen LogP contribution in [0, 0.1) is 0 Å². The van der Waals surface area contributed by atoms with Crippen molar-refractivity contribution in [3.63, 3.8) is 0 Å². The molecule has 1 heterocycles. The number of alkyl halides is 10. The van der Waals surface area contributed by atoms with Crippen LogP contribution in [0.3, 0.4) is 0 Å². The van der Waals surface area contributed by atoms with Gasteiger partial charge in [0.1, 0.15) is 44.1 Å². The van der Waals surface area contributed by atoms with E-state index in [0.29, 0.717) is 62.9 Å². The number of carbonyl (C=O) groups excluding carboxylic acids is 6. The molecule has 0 radical (unpaired) electrons. The summed E-state index contributed by atoms with van der Waals surface area (Å²) in [5, 5.41) is 4.94. The number of esters is 4. The first-order valence-electron chi connectivity index (χ1n) is 25.3. The van der Waals surface area contributed by atoms with Gasteiger partial charge in [-0.25, -0.2) is 61.6 Å². The first-order valence-corrected chi connectivity index (χ1v) is 27.7. The number of hydrogen-bond acceptors (Lipinski definition) is 18. The van der Waals surface area contributed by atoms with Crippen LogP contribution in [-0.4, -0.2) is 153 Å². The van der Waals surface area contributed by atoms with E-state index >= 15 is 8.78 Å². The van der Waals surface area contributed by atoms with Gasteiger partial charge in [0.15, 0.2) is 0 Å². The summed E-state index contributed by atoms with van der Waals surface area (Å²) in [4.78, 5) is 111. The summed E-state index contributed by atoms with van der Waals surface area (Å²) in [6.45, 7) is 9.41. The topological polar surface area (TPSA) is 257 Å². The highest BCUT2D eigenvalue weighted by Crippen LogP contribution is 2.50. The molecule has 21 nitrogen and oxygen atoms in total. The molecule has 2 amide bonds. The van der Waals surface area contributed by atoms with Crippen LogP contribution in [0.2, 0.25) is 0 Å². The number of amides is 2. The molecular weight excluding hydrogens is 1180 g/mol. The van der Waals surface area contributed by atoms with Gasteiger partial charge in [0.05, 0.1) is 13.2 Å². The zero-order chi connectivity index (χ0) is 63.3. The Morgan fingerprint density at radius 2 is 0.771 bits per heavy atom. The Morgan fingerprint density at radius 1 is 0.458 bits per heavy atom. The van der Waals surface area contributed by atoms with Crippen molar-refractivity contribution in [2.45, 2.75) is 146 Å². The van der Waals surface area contributed by atoms with Gasteiger partial charge in [-0.1, -0.05) is 52.0 Å². The number of hydrogen-bond donors (Lipinski definition) is 2. The fourth-order valence-corrected chi connectivity index (χ4v) is 8.39. The van der Waals surface area contributed by atoms with Crippen LogP contribution < -0.4 is 27.7 Å². The van der Waals surface area contributed by atoms with Gasteiger partial charge >= 0.3 is 83.1 Å². The second kappa shape index (κ2) is 35.1. The van der Waals surface area contributed by atoms with E-state index in [2.05, 4.69) is 41.7 Å². The smallest absolute Gasteiger partial charge is 0.430 e. The van der Waals surface area contributed by atoms with Crippen molar-refractivity contribution in [1.29, 1.82) is 0 Å². The number of rotatable bonds is 43. The Bertz CT molecular complexity index is 2360. The summed E-state index contributed by atoms with van der Waals surface area (Å²) in [5.41, 5.74) is -7.96. The molecule has 0 aliphatic heterocycles. The Morgan fingerprint density at radius 3 is 1.10 bits per heavy atom. The molecule has 1 aromatic rings. The molecule has 0 aromatic carbocycles. The Balaban J connectivity index is 2.96. The third-order valence-corrected chi connectivity index (χ3v) is 13.4. The highest BCUT2D eigenvalue weighted by Gasteiger charge is 2.75. The second-order valence-corrected chi connectivity index (χ2v) is 21.1. The van der Waals surface area contributed by atoms with Gasteiger partial charge in [-0.05, 0) is 75.4 Å². The van der Waals surface area contributed by atoms with Crippen LogP contribution in [0.5, 0.6) is 0 Å². The molecule has 0 saturated heterocycles. The molecule has 0 fully saturated rings. The number of alkyl carbamates (subject to hydrolysis) is 2. The number of carbonyl (C=O) groups is 6. The zero-order valence-corrected chi connectivity index (χ0v) is 47.5. The van der Waals surface area contributed by atoms with E-state index in [9.17, 15) is 78.3 Å². The number of thioether (sulfide) groups is 2. The van der Waals surface area contributed by atoms with E-state index in [1.54, 1.807) is 0 Å².